The molecule has 3 N–H and O–H groups in total. The first-order valence-corrected chi connectivity index (χ1v) is 10.7. The van der Waals surface area contributed by atoms with Gasteiger partial charge in [0.2, 0.25) is 10.0 Å². The molecule has 4 aromatic rings. The Morgan fingerprint density at radius 2 is 1.53 bits per heavy atom. The minimum atomic E-state index is -3.69. The molecule has 1 aromatic carbocycles. The molecule has 0 saturated heterocycles. The van der Waals surface area contributed by atoms with Gasteiger partial charge in [0.1, 0.15) is 16.5 Å². The van der Waals surface area contributed by atoms with Gasteiger partial charge in [-0.1, -0.05) is 24.3 Å². The normalized spacial score (nSPS) is 11.3. The summed E-state index contributed by atoms with van der Waals surface area (Å²) in [6.07, 6.45) is 3.26. The highest BCUT2D eigenvalue weighted by molar-refractivity contribution is 7.89. The summed E-state index contributed by atoms with van der Waals surface area (Å²) in [5, 5.41) is 15.0. The van der Waals surface area contributed by atoms with Crippen LogP contribution in [0.4, 0.5) is 17.5 Å². The Kier molecular flexibility index (Phi) is 5.77. The summed E-state index contributed by atoms with van der Waals surface area (Å²) in [6, 6.07) is 17.7. The SMILES string of the molecule is O=S(=O)(NCCNc1ccc(Nc2ccccn2)nn1)c1cccc2cccnc12. The Labute approximate surface area is 173 Å². The quantitative estimate of drug-likeness (QED) is 0.371. The van der Waals surface area contributed by atoms with E-state index in [0.29, 0.717) is 29.5 Å². The van der Waals surface area contributed by atoms with Gasteiger partial charge in [-0.05, 0) is 36.4 Å². The van der Waals surface area contributed by atoms with Crippen LogP contribution in [0.5, 0.6) is 0 Å². The van der Waals surface area contributed by atoms with Gasteiger partial charge in [-0.25, -0.2) is 18.1 Å². The van der Waals surface area contributed by atoms with Crippen LogP contribution in [-0.4, -0.2) is 41.7 Å². The highest BCUT2D eigenvalue weighted by Gasteiger charge is 2.17. The molecule has 0 aliphatic carbocycles. The zero-order valence-corrected chi connectivity index (χ0v) is 16.7. The predicted molar refractivity (Wildman–Crippen MR) is 115 cm³/mol. The first-order valence-electron chi connectivity index (χ1n) is 9.21. The lowest BCUT2D eigenvalue weighted by atomic mass is 10.2. The van der Waals surface area contributed by atoms with Gasteiger partial charge in [0.25, 0.3) is 0 Å². The summed E-state index contributed by atoms with van der Waals surface area (Å²) in [6.45, 7) is 0.528. The second-order valence-electron chi connectivity index (χ2n) is 6.30. The van der Waals surface area contributed by atoms with E-state index in [1.165, 1.54) is 0 Å². The van der Waals surface area contributed by atoms with E-state index in [2.05, 4.69) is 35.5 Å². The van der Waals surface area contributed by atoms with Crippen molar-refractivity contribution >= 4 is 38.4 Å². The number of para-hydroxylation sites is 1. The number of anilines is 3. The maximum absolute atomic E-state index is 12.7. The summed E-state index contributed by atoms with van der Waals surface area (Å²) in [4.78, 5) is 8.52. The maximum Gasteiger partial charge on any atom is 0.242 e. The molecule has 0 radical (unpaired) electrons. The third-order valence-electron chi connectivity index (χ3n) is 4.19. The van der Waals surface area contributed by atoms with Crippen molar-refractivity contribution in [3.63, 3.8) is 0 Å². The molecule has 9 nitrogen and oxygen atoms in total. The van der Waals surface area contributed by atoms with Crippen LogP contribution in [0.1, 0.15) is 0 Å². The maximum atomic E-state index is 12.7. The molecule has 0 amide bonds. The predicted octanol–water partition coefficient (Wildman–Crippen LogP) is 2.55. The van der Waals surface area contributed by atoms with Crippen LogP contribution in [-0.2, 0) is 10.0 Å². The van der Waals surface area contributed by atoms with Crippen LogP contribution in [0, 0.1) is 0 Å². The molecule has 10 heteroatoms. The monoisotopic (exact) mass is 421 g/mol. The number of pyridine rings is 2. The smallest absolute Gasteiger partial charge is 0.242 e. The van der Waals surface area contributed by atoms with Gasteiger partial charge >= 0.3 is 0 Å². The molecule has 0 aliphatic rings. The van der Waals surface area contributed by atoms with Crippen molar-refractivity contribution in [3.8, 4) is 0 Å². The van der Waals surface area contributed by atoms with Crippen LogP contribution in [0.3, 0.4) is 0 Å². The standard InChI is InChI=1S/C20H19N7O2S/c28-30(29,16-7-3-5-15-6-4-12-23-20(15)16)24-14-13-22-18-9-10-19(27-26-18)25-17-8-1-2-11-21-17/h1-12,24H,13-14H2,(H,22,26)(H,21,25,27). The van der Waals surface area contributed by atoms with Crippen molar-refractivity contribution in [3.05, 3.63) is 73.1 Å². The molecule has 3 aromatic heterocycles. The largest absolute Gasteiger partial charge is 0.367 e. The number of hydrogen-bond acceptors (Lipinski definition) is 8. The van der Waals surface area contributed by atoms with E-state index in [4.69, 9.17) is 0 Å². The van der Waals surface area contributed by atoms with Gasteiger partial charge in [-0.2, -0.15) is 0 Å². The molecular formula is C20H19N7O2S. The lowest BCUT2D eigenvalue weighted by Crippen LogP contribution is -2.29. The lowest BCUT2D eigenvalue weighted by molar-refractivity contribution is 0.583. The number of nitrogens with zero attached hydrogens (tertiary/aromatic N) is 4. The van der Waals surface area contributed by atoms with E-state index in [-0.39, 0.29) is 11.4 Å². The van der Waals surface area contributed by atoms with E-state index in [0.717, 1.165) is 5.39 Å². The first kappa shape index (κ1) is 19.7. The van der Waals surface area contributed by atoms with E-state index in [9.17, 15) is 8.42 Å². The molecule has 0 atom stereocenters. The van der Waals surface area contributed by atoms with Crippen molar-refractivity contribution in [2.45, 2.75) is 4.90 Å². The molecule has 4 rings (SSSR count). The minimum Gasteiger partial charge on any atom is -0.367 e. The molecule has 0 unspecified atom stereocenters. The van der Waals surface area contributed by atoms with Gasteiger partial charge in [0.15, 0.2) is 5.82 Å². The Balaban J connectivity index is 1.32. The molecular weight excluding hydrogens is 402 g/mol. The number of sulfonamides is 1. The summed E-state index contributed by atoms with van der Waals surface area (Å²) in [5.41, 5.74) is 0.447. The lowest BCUT2D eigenvalue weighted by Gasteiger charge is -2.10. The van der Waals surface area contributed by atoms with E-state index < -0.39 is 10.0 Å². The van der Waals surface area contributed by atoms with Crippen molar-refractivity contribution in [2.24, 2.45) is 0 Å². The summed E-state index contributed by atoms with van der Waals surface area (Å²) in [5.74, 6) is 1.76. The average Bonchev–Trinajstić information content (AvgIpc) is 2.78. The fourth-order valence-corrected chi connectivity index (χ4v) is 4.02. The summed E-state index contributed by atoms with van der Waals surface area (Å²) < 4.78 is 27.9. The molecule has 0 aliphatic heterocycles. The number of aromatic nitrogens is 4. The highest BCUT2D eigenvalue weighted by atomic mass is 32.2. The van der Waals surface area contributed by atoms with Crippen molar-refractivity contribution in [1.82, 2.24) is 24.9 Å². The van der Waals surface area contributed by atoms with Crippen LogP contribution in [0.25, 0.3) is 10.9 Å². The van der Waals surface area contributed by atoms with Crippen LogP contribution < -0.4 is 15.4 Å². The van der Waals surface area contributed by atoms with Crippen LogP contribution in [0.2, 0.25) is 0 Å². The Bertz CT molecular complexity index is 1230. The average molecular weight is 421 g/mol. The van der Waals surface area contributed by atoms with Gasteiger partial charge in [0, 0.05) is 30.9 Å². The Morgan fingerprint density at radius 1 is 0.733 bits per heavy atom. The van der Waals surface area contributed by atoms with E-state index in [1.807, 2.05) is 30.3 Å². The van der Waals surface area contributed by atoms with Gasteiger partial charge in [-0.15, -0.1) is 10.2 Å². The molecule has 3 heterocycles. The van der Waals surface area contributed by atoms with E-state index in [1.54, 1.807) is 42.7 Å². The molecule has 0 fully saturated rings. The summed E-state index contributed by atoms with van der Waals surface area (Å²) in [7, 11) is -3.69. The highest BCUT2D eigenvalue weighted by Crippen LogP contribution is 2.20. The molecule has 0 bridgehead atoms. The van der Waals surface area contributed by atoms with Gasteiger partial charge in [0.05, 0.1) is 5.52 Å². The Morgan fingerprint density at radius 3 is 2.33 bits per heavy atom. The second kappa shape index (κ2) is 8.80. The minimum absolute atomic E-state index is 0.158. The number of fused-ring (bicyclic) bond motifs is 1. The molecule has 0 saturated carbocycles. The third-order valence-corrected chi connectivity index (χ3v) is 5.69. The van der Waals surface area contributed by atoms with Gasteiger partial charge < -0.3 is 10.6 Å². The Hall–Kier alpha value is -3.63. The molecule has 0 spiro atoms. The van der Waals surface area contributed by atoms with Crippen molar-refractivity contribution < 1.29 is 8.42 Å². The second-order valence-corrected chi connectivity index (χ2v) is 8.03. The van der Waals surface area contributed by atoms with Crippen molar-refractivity contribution in [2.75, 3.05) is 23.7 Å². The van der Waals surface area contributed by atoms with Crippen LogP contribution >= 0.6 is 0 Å². The first-order chi connectivity index (χ1) is 14.6. The van der Waals surface area contributed by atoms with Crippen LogP contribution in [0.15, 0.2) is 78.0 Å². The molecule has 30 heavy (non-hydrogen) atoms. The number of hydrogen-bond donors (Lipinski definition) is 3. The third kappa shape index (κ3) is 4.67. The van der Waals surface area contributed by atoms with E-state index >= 15 is 0 Å². The number of rotatable bonds is 8. The fraction of sp³-hybridized carbons (Fsp3) is 0.100. The van der Waals surface area contributed by atoms with Crippen molar-refractivity contribution in [1.29, 1.82) is 0 Å². The number of benzene rings is 1. The topological polar surface area (TPSA) is 122 Å². The zero-order valence-electron chi connectivity index (χ0n) is 15.9. The number of nitrogens with one attached hydrogen (secondary N) is 3. The summed E-state index contributed by atoms with van der Waals surface area (Å²) >= 11 is 0. The fourth-order valence-electron chi connectivity index (χ4n) is 2.81. The molecule has 152 valence electrons. The van der Waals surface area contributed by atoms with Gasteiger partial charge in [-0.3, -0.25) is 4.98 Å². The zero-order chi connectivity index (χ0) is 20.8.